The summed E-state index contributed by atoms with van der Waals surface area (Å²) >= 11 is 0. The van der Waals surface area contributed by atoms with Crippen LogP contribution >= 0.6 is 12.4 Å². The van der Waals surface area contributed by atoms with E-state index in [2.05, 4.69) is 0 Å². The molecule has 0 aromatic heterocycles. The Bertz CT molecular complexity index is 543. The predicted molar refractivity (Wildman–Crippen MR) is 91.6 cm³/mol. The smallest absolute Gasteiger partial charge is 0.257 e. The van der Waals surface area contributed by atoms with E-state index in [-0.39, 0.29) is 24.4 Å². The molecule has 1 saturated heterocycles. The van der Waals surface area contributed by atoms with Gasteiger partial charge in [0.25, 0.3) is 5.91 Å². The van der Waals surface area contributed by atoms with Crippen LogP contribution in [0.25, 0.3) is 0 Å². The minimum Gasteiger partial charge on any atom is -0.490 e. The highest BCUT2D eigenvalue weighted by molar-refractivity contribution is 5.98. The molecule has 2 aliphatic heterocycles. The maximum atomic E-state index is 12.8. The Morgan fingerprint density at radius 1 is 1.26 bits per heavy atom. The predicted octanol–water partition coefficient (Wildman–Crippen LogP) is 2.47. The van der Waals surface area contributed by atoms with E-state index in [4.69, 9.17) is 15.2 Å². The van der Waals surface area contributed by atoms with Crippen molar-refractivity contribution in [3.63, 3.8) is 0 Å². The average Bonchev–Trinajstić information content (AvgIpc) is 2.79. The van der Waals surface area contributed by atoms with Gasteiger partial charge in [-0.2, -0.15) is 0 Å². The monoisotopic (exact) mass is 340 g/mol. The lowest BCUT2D eigenvalue weighted by atomic mass is 9.90. The molecule has 128 valence electrons. The van der Waals surface area contributed by atoms with Crippen LogP contribution in [-0.4, -0.2) is 43.2 Å². The van der Waals surface area contributed by atoms with Crippen molar-refractivity contribution in [1.29, 1.82) is 0 Å². The van der Waals surface area contributed by atoms with Gasteiger partial charge in [0.15, 0.2) is 11.5 Å². The molecule has 2 aliphatic rings. The Hall–Kier alpha value is -1.46. The number of piperidine rings is 1. The first-order chi connectivity index (χ1) is 10.7. The normalized spacial score (nSPS) is 19.5. The molecular formula is C17H25ClN2O3. The van der Waals surface area contributed by atoms with Crippen LogP contribution in [0.5, 0.6) is 11.5 Å². The molecule has 0 bridgehead atoms. The van der Waals surface area contributed by atoms with Crippen molar-refractivity contribution in [2.24, 2.45) is 11.7 Å². The minimum absolute atomic E-state index is 0. The summed E-state index contributed by atoms with van der Waals surface area (Å²) in [5.41, 5.74) is 6.58. The van der Waals surface area contributed by atoms with Gasteiger partial charge in [0.2, 0.25) is 0 Å². The number of carbonyl (C=O) groups is 1. The molecule has 1 aromatic rings. The minimum atomic E-state index is 0. The van der Waals surface area contributed by atoms with Gasteiger partial charge in [-0.25, -0.2) is 0 Å². The van der Waals surface area contributed by atoms with Crippen molar-refractivity contribution in [2.75, 3.05) is 26.3 Å². The van der Waals surface area contributed by atoms with Crippen molar-refractivity contribution >= 4 is 18.3 Å². The number of hydrogen-bond donors (Lipinski definition) is 1. The zero-order valence-electron chi connectivity index (χ0n) is 13.5. The number of rotatable bonds is 2. The second kappa shape index (κ2) is 7.88. The molecule has 1 atom stereocenters. The van der Waals surface area contributed by atoms with Crippen LogP contribution < -0.4 is 15.2 Å². The van der Waals surface area contributed by atoms with E-state index >= 15 is 0 Å². The van der Waals surface area contributed by atoms with Gasteiger partial charge in [-0.1, -0.05) is 6.07 Å². The summed E-state index contributed by atoms with van der Waals surface area (Å²) in [6, 6.07) is 5.74. The Kier molecular flexibility index (Phi) is 6.13. The number of benzene rings is 1. The van der Waals surface area contributed by atoms with Gasteiger partial charge in [0, 0.05) is 25.6 Å². The fourth-order valence-corrected chi connectivity index (χ4v) is 3.16. The molecule has 0 spiro atoms. The molecule has 6 heteroatoms. The second-order valence-electron chi connectivity index (χ2n) is 6.17. The lowest BCUT2D eigenvalue weighted by molar-refractivity contribution is 0.0676. The van der Waals surface area contributed by atoms with Gasteiger partial charge < -0.3 is 20.1 Å². The van der Waals surface area contributed by atoms with E-state index in [1.54, 1.807) is 0 Å². The van der Waals surface area contributed by atoms with Crippen LogP contribution in [-0.2, 0) is 0 Å². The fourth-order valence-electron chi connectivity index (χ4n) is 3.16. The van der Waals surface area contributed by atoms with Gasteiger partial charge in [-0.05, 0) is 37.8 Å². The maximum absolute atomic E-state index is 12.8. The fraction of sp³-hybridized carbons (Fsp3) is 0.588. The Morgan fingerprint density at radius 3 is 2.65 bits per heavy atom. The largest absolute Gasteiger partial charge is 0.490 e. The van der Waals surface area contributed by atoms with Gasteiger partial charge in [-0.3, -0.25) is 4.79 Å². The number of nitrogens with zero attached hydrogens (tertiary/aromatic N) is 1. The molecule has 2 N–H and O–H groups in total. The summed E-state index contributed by atoms with van der Waals surface area (Å²) in [5.74, 6) is 1.81. The van der Waals surface area contributed by atoms with Crippen molar-refractivity contribution in [3.05, 3.63) is 23.8 Å². The van der Waals surface area contributed by atoms with E-state index in [0.29, 0.717) is 36.2 Å². The van der Waals surface area contributed by atoms with Gasteiger partial charge in [0.05, 0.1) is 18.8 Å². The topological polar surface area (TPSA) is 64.8 Å². The standard InChI is InChI=1S/C17H24N2O3.ClH/c1-12(18)13-6-8-19(9-7-13)17(20)14-4-2-5-15-16(14)22-11-3-10-21-15;/h2,4-5,12-13H,3,6-11,18H2,1H3;1H. The van der Waals surface area contributed by atoms with E-state index in [1.807, 2.05) is 30.0 Å². The van der Waals surface area contributed by atoms with E-state index in [1.165, 1.54) is 0 Å². The van der Waals surface area contributed by atoms with Crippen molar-refractivity contribution < 1.29 is 14.3 Å². The molecule has 0 radical (unpaired) electrons. The highest BCUT2D eigenvalue weighted by Gasteiger charge is 2.28. The highest BCUT2D eigenvalue weighted by Crippen LogP contribution is 2.34. The molecule has 1 unspecified atom stereocenters. The first kappa shape index (κ1) is 17.9. The zero-order valence-corrected chi connectivity index (χ0v) is 14.3. The van der Waals surface area contributed by atoms with Crippen LogP contribution in [0.2, 0.25) is 0 Å². The number of fused-ring (bicyclic) bond motifs is 1. The number of para-hydroxylation sites is 1. The van der Waals surface area contributed by atoms with Crippen LogP contribution in [0.3, 0.4) is 0 Å². The third-order valence-corrected chi connectivity index (χ3v) is 4.57. The SMILES string of the molecule is CC(N)C1CCN(C(=O)c2cccc3c2OCCCO3)CC1.Cl. The van der Waals surface area contributed by atoms with Gasteiger partial charge >= 0.3 is 0 Å². The first-order valence-corrected chi connectivity index (χ1v) is 8.10. The van der Waals surface area contributed by atoms with E-state index in [9.17, 15) is 4.79 Å². The molecule has 0 saturated carbocycles. The van der Waals surface area contributed by atoms with Crippen LogP contribution in [0.1, 0.15) is 36.5 Å². The third kappa shape index (κ3) is 3.90. The number of halogens is 1. The van der Waals surface area contributed by atoms with E-state index in [0.717, 1.165) is 32.4 Å². The second-order valence-corrected chi connectivity index (χ2v) is 6.17. The van der Waals surface area contributed by atoms with Crippen molar-refractivity contribution in [2.45, 2.75) is 32.2 Å². The molecule has 23 heavy (non-hydrogen) atoms. The number of ether oxygens (including phenoxy) is 2. The van der Waals surface area contributed by atoms with Gasteiger partial charge in [-0.15, -0.1) is 12.4 Å². The number of amides is 1. The summed E-state index contributed by atoms with van der Waals surface area (Å²) in [4.78, 5) is 14.7. The number of carbonyl (C=O) groups excluding carboxylic acids is 1. The molecule has 0 aliphatic carbocycles. The first-order valence-electron chi connectivity index (χ1n) is 8.10. The summed E-state index contributed by atoms with van der Waals surface area (Å²) in [6.07, 6.45) is 2.77. The molecule has 1 amide bonds. The lowest BCUT2D eigenvalue weighted by Gasteiger charge is -2.34. The maximum Gasteiger partial charge on any atom is 0.257 e. The molecule has 2 heterocycles. The third-order valence-electron chi connectivity index (χ3n) is 4.57. The van der Waals surface area contributed by atoms with E-state index < -0.39 is 0 Å². The lowest BCUT2D eigenvalue weighted by Crippen LogP contribution is -2.42. The highest BCUT2D eigenvalue weighted by atomic mass is 35.5. The number of nitrogens with two attached hydrogens (primary N) is 1. The Morgan fingerprint density at radius 2 is 1.96 bits per heavy atom. The molecular weight excluding hydrogens is 316 g/mol. The van der Waals surface area contributed by atoms with Crippen molar-refractivity contribution in [3.8, 4) is 11.5 Å². The average molecular weight is 341 g/mol. The summed E-state index contributed by atoms with van der Waals surface area (Å²) in [5, 5.41) is 0. The Labute approximate surface area is 143 Å². The molecule has 1 aromatic carbocycles. The summed E-state index contributed by atoms with van der Waals surface area (Å²) in [7, 11) is 0. The summed E-state index contributed by atoms with van der Waals surface area (Å²) in [6.45, 7) is 4.78. The zero-order chi connectivity index (χ0) is 15.5. The summed E-state index contributed by atoms with van der Waals surface area (Å²) < 4.78 is 11.4. The molecule has 1 fully saturated rings. The number of likely N-dealkylation sites (tertiary alicyclic amines) is 1. The number of hydrogen-bond acceptors (Lipinski definition) is 4. The van der Waals surface area contributed by atoms with Crippen molar-refractivity contribution in [1.82, 2.24) is 4.90 Å². The Balaban J connectivity index is 0.00000192. The van der Waals surface area contributed by atoms with Gasteiger partial charge in [0.1, 0.15) is 0 Å². The van der Waals surface area contributed by atoms with Crippen LogP contribution in [0.4, 0.5) is 0 Å². The quantitative estimate of drug-likeness (QED) is 0.898. The van der Waals surface area contributed by atoms with Crippen LogP contribution in [0.15, 0.2) is 18.2 Å². The molecule has 3 rings (SSSR count). The molecule has 5 nitrogen and oxygen atoms in total. The van der Waals surface area contributed by atoms with Crippen LogP contribution in [0, 0.1) is 5.92 Å².